The molecule has 1 aliphatic rings. The molecule has 0 saturated carbocycles. The molecule has 3 aromatic rings. The molecule has 5 nitrogen and oxygen atoms in total. The molecule has 1 fully saturated rings. The third kappa shape index (κ3) is 4.28. The van der Waals surface area contributed by atoms with E-state index < -0.39 is 17.7 Å². The van der Waals surface area contributed by atoms with E-state index in [4.69, 9.17) is 4.74 Å². The second-order valence-electron chi connectivity index (χ2n) is 7.70. The number of hydrogen-bond donors (Lipinski definition) is 1. The maximum absolute atomic E-state index is 13.1. The van der Waals surface area contributed by atoms with Crippen molar-refractivity contribution in [3.05, 3.63) is 107 Å². The highest BCUT2D eigenvalue weighted by Crippen LogP contribution is 2.40. The van der Waals surface area contributed by atoms with E-state index in [-0.39, 0.29) is 17.9 Å². The van der Waals surface area contributed by atoms with Gasteiger partial charge in [0, 0.05) is 12.1 Å². The van der Waals surface area contributed by atoms with Crippen molar-refractivity contribution in [3.63, 3.8) is 0 Å². The van der Waals surface area contributed by atoms with Crippen molar-refractivity contribution in [2.75, 3.05) is 6.61 Å². The number of nitrogens with zero attached hydrogens (tertiary/aromatic N) is 1. The number of hydrogen-bond acceptors (Lipinski definition) is 4. The van der Waals surface area contributed by atoms with Gasteiger partial charge in [-0.1, -0.05) is 67.6 Å². The van der Waals surface area contributed by atoms with Crippen LogP contribution < -0.4 is 4.74 Å². The van der Waals surface area contributed by atoms with E-state index in [1.807, 2.05) is 67.6 Å². The monoisotopic (exact) mass is 427 g/mol. The molecule has 0 bridgehead atoms. The predicted molar refractivity (Wildman–Crippen MR) is 123 cm³/mol. The van der Waals surface area contributed by atoms with Crippen LogP contribution >= 0.6 is 0 Å². The van der Waals surface area contributed by atoms with Crippen molar-refractivity contribution in [3.8, 4) is 5.75 Å². The van der Waals surface area contributed by atoms with Gasteiger partial charge >= 0.3 is 0 Å². The zero-order chi connectivity index (χ0) is 22.5. The van der Waals surface area contributed by atoms with Crippen molar-refractivity contribution in [2.45, 2.75) is 25.9 Å². The molecule has 1 heterocycles. The fourth-order valence-electron chi connectivity index (χ4n) is 3.89. The van der Waals surface area contributed by atoms with Crippen LogP contribution in [0.25, 0.3) is 5.76 Å². The molecule has 1 N–H and O–H groups in total. The van der Waals surface area contributed by atoms with Gasteiger partial charge in [-0.15, -0.1) is 0 Å². The Morgan fingerprint density at radius 1 is 0.906 bits per heavy atom. The van der Waals surface area contributed by atoms with E-state index in [0.717, 1.165) is 17.5 Å². The molecule has 1 atom stereocenters. The van der Waals surface area contributed by atoms with E-state index in [0.29, 0.717) is 17.9 Å². The van der Waals surface area contributed by atoms with Gasteiger partial charge in [0.2, 0.25) is 0 Å². The van der Waals surface area contributed by atoms with Crippen LogP contribution in [0.3, 0.4) is 0 Å². The first kappa shape index (κ1) is 21.4. The number of carbonyl (C=O) groups excluding carboxylic acids is 2. The average molecular weight is 428 g/mol. The normalized spacial score (nSPS) is 17.5. The number of aliphatic hydroxyl groups excluding tert-OH is 1. The first-order valence-electron chi connectivity index (χ1n) is 10.7. The molecule has 1 unspecified atom stereocenters. The highest BCUT2D eigenvalue weighted by molar-refractivity contribution is 6.46. The molecule has 5 heteroatoms. The van der Waals surface area contributed by atoms with Crippen molar-refractivity contribution < 1.29 is 19.4 Å². The number of rotatable bonds is 7. The number of ketones is 1. The third-order valence-corrected chi connectivity index (χ3v) is 5.45. The standard InChI is InChI=1S/C27H25NO4/c1-2-17-32-22-15-13-21(14-16-22)25(29)23-24(20-11-7-4-8-12-20)28(27(31)26(23)30)18-19-9-5-3-6-10-19/h3-16,24,29H,2,17-18H2,1H3. The Kier molecular flexibility index (Phi) is 6.36. The second-order valence-corrected chi connectivity index (χ2v) is 7.70. The van der Waals surface area contributed by atoms with E-state index in [1.54, 1.807) is 24.3 Å². The average Bonchev–Trinajstić information content (AvgIpc) is 3.09. The van der Waals surface area contributed by atoms with Crippen LogP contribution in [-0.2, 0) is 16.1 Å². The minimum Gasteiger partial charge on any atom is -0.507 e. The Morgan fingerprint density at radius 2 is 1.53 bits per heavy atom. The van der Waals surface area contributed by atoms with Crippen molar-refractivity contribution in [2.24, 2.45) is 0 Å². The summed E-state index contributed by atoms with van der Waals surface area (Å²) in [5.41, 5.74) is 2.24. The Labute approximate surface area is 187 Å². The van der Waals surface area contributed by atoms with Gasteiger partial charge in [-0.25, -0.2) is 0 Å². The molecule has 0 aliphatic carbocycles. The molecule has 32 heavy (non-hydrogen) atoms. The highest BCUT2D eigenvalue weighted by Gasteiger charge is 2.45. The summed E-state index contributed by atoms with van der Waals surface area (Å²) in [6.07, 6.45) is 0.893. The van der Waals surface area contributed by atoms with Crippen LogP contribution in [0, 0.1) is 0 Å². The number of likely N-dealkylation sites (tertiary alicyclic amines) is 1. The SMILES string of the molecule is CCCOc1ccc(C(O)=C2C(=O)C(=O)N(Cc3ccccc3)C2c2ccccc2)cc1. The zero-order valence-electron chi connectivity index (χ0n) is 17.9. The van der Waals surface area contributed by atoms with Crippen molar-refractivity contribution >= 4 is 17.4 Å². The minimum absolute atomic E-state index is 0.0966. The lowest BCUT2D eigenvalue weighted by Gasteiger charge is -2.25. The molecule has 1 aliphatic heterocycles. The van der Waals surface area contributed by atoms with Gasteiger partial charge in [0.05, 0.1) is 18.2 Å². The van der Waals surface area contributed by atoms with E-state index in [1.165, 1.54) is 4.90 Å². The van der Waals surface area contributed by atoms with Crippen LogP contribution in [0.15, 0.2) is 90.5 Å². The lowest BCUT2D eigenvalue weighted by Crippen LogP contribution is -2.29. The molecule has 4 rings (SSSR count). The Hall–Kier alpha value is -3.86. The largest absolute Gasteiger partial charge is 0.507 e. The second kappa shape index (κ2) is 9.52. The maximum Gasteiger partial charge on any atom is 0.295 e. The molecule has 3 aromatic carbocycles. The lowest BCUT2D eigenvalue weighted by molar-refractivity contribution is -0.140. The molecule has 0 radical (unpaired) electrons. The topological polar surface area (TPSA) is 66.8 Å². The number of carbonyl (C=O) groups is 2. The summed E-state index contributed by atoms with van der Waals surface area (Å²) >= 11 is 0. The van der Waals surface area contributed by atoms with Crippen LogP contribution in [0.5, 0.6) is 5.75 Å². The molecule has 1 saturated heterocycles. The highest BCUT2D eigenvalue weighted by atomic mass is 16.5. The summed E-state index contributed by atoms with van der Waals surface area (Å²) in [6.45, 7) is 2.90. The Morgan fingerprint density at radius 3 is 2.16 bits per heavy atom. The summed E-state index contributed by atoms with van der Waals surface area (Å²) < 4.78 is 5.60. The van der Waals surface area contributed by atoms with Gasteiger partial charge in [-0.05, 0) is 41.8 Å². The van der Waals surface area contributed by atoms with E-state index in [2.05, 4.69) is 0 Å². The van der Waals surface area contributed by atoms with Crippen LogP contribution in [0.1, 0.15) is 36.1 Å². The lowest BCUT2D eigenvalue weighted by atomic mass is 9.95. The first-order valence-corrected chi connectivity index (χ1v) is 10.7. The van der Waals surface area contributed by atoms with Gasteiger partial charge in [-0.3, -0.25) is 9.59 Å². The summed E-state index contributed by atoms with van der Waals surface area (Å²) in [5, 5.41) is 11.1. The third-order valence-electron chi connectivity index (χ3n) is 5.45. The number of ether oxygens (including phenoxy) is 1. The zero-order valence-corrected chi connectivity index (χ0v) is 17.9. The quantitative estimate of drug-likeness (QED) is 0.324. The van der Waals surface area contributed by atoms with Gasteiger partial charge in [0.1, 0.15) is 11.5 Å². The fraction of sp³-hybridized carbons (Fsp3) is 0.185. The Bertz CT molecular complexity index is 1120. The number of aliphatic hydroxyl groups is 1. The van der Waals surface area contributed by atoms with Crippen LogP contribution in [-0.4, -0.2) is 28.3 Å². The van der Waals surface area contributed by atoms with Gasteiger partial charge in [0.25, 0.3) is 11.7 Å². The molecular weight excluding hydrogens is 402 g/mol. The van der Waals surface area contributed by atoms with Crippen LogP contribution in [0.4, 0.5) is 0 Å². The van der Waals surface area contributed by atoms with E-state index in [9.17, 15) is 14.7 Å². The van der Waals surface area contributed by atoms with Crippen molar-refractivity contribution in [1.82, 2.24) is 4.90 Å². The van der Waals surface area contributed by atoms with Gasteiger partial charge in [0.15, 0.2) is 0 Å². The number of amides is 1. The predicted octanol–water partition coefficient (Wildman–Crippen LogP) is 5.10. The maximum atomic E-state index is 13.1. The molecule has 0 aromatic heterocycles. The Balaban J connectivity index is 1.76. The van der Waals surface area contributed by atoms with Gasteiger partial charge in [-0.2, -0.15) is 0 Å². The summed E-state index contributed by atoms with van der Waals surface area (Å²) in [7, 11) is 0. The summed E-state index contributed by atoms with van der Waals surface area (Å²) in [6, 6.07) is 25.1. The summed E-state index contributed by atoms with van der Waals surface area (Å²) in [4.78, 5) is 27.6. The smallest absolute Gasteiger partial charge is 0.295 e. The summed E-state index contributed by atoms with van der Waals surface area (Å²) in [5.74, 6) is -0.798. The van der Waals surface area contributed by atoms with Crippen LogP contribution in [0.2, 0.25) is 0 Å². The molecule has 1 amide bonds. The molecule has 162 valence electrons. The first-order chi connectivity index (χ1) is 15.6. The number of Topliss-reactive ketones (excluding diaryl/α,β-unsaturated/α-hetero) is 1. The van der Waals surface area contributed by atoms with E-state index >= 15 is 0 Å². The van der Waals surface area contributed by atoms with Crippen molar-refractivity contribution in [1.29, 1.82) is 0 Å². The minimum atomic E-state index is -0.682. The molecule has 0 spiro atoms. The number of benzene rings is 3. The van der Waals surface area contributed by atoms with Gasteiger partial charge < -0.3 is 14.7 Å². The fourth-order valence-corrected chi connectivity index (χ4v) is 3.89. The molecular formula is C27H25NO4.